The van der Waals surface area contributed by atoms with Gasteiger partial charge in [0.15, 0.2) is 5.96 Å². The molecule has 1 aromatic heterocycles. The molecule has 1 atom stereocenters. The molecule has 21 heavy (non-hydrogen) atoms. The van der Waals surface area contributed by atoms with Crippen molar-refractivity contribution in [3.8, 4) is 0 Å². The fraction of sp³-hybridized carbons (Fsp3) is 0.667. The lowest BCUT2D eigenvalue weighted by Gasteiger charge is -2.24. The minimum atomic E-state index is 0. The maximum atomic E-state index is 4.68. The summed E-state index contributed by atoms with van der Waals surface area (Å²) in [6, 6.07) is 4.33. The second-order valence-electron chi connectivity index (χ2n) is 5.46. The minimum Gasteiger partial charge on any atom is -0.357 e. The Bertz CT molecular complexity index is 454. The molecule has 1 aliphatic rings. The molecular formula is C15H26IN3S2. The summed E-state index contributed by atoms with van der Waals surface area (Å²) in [4.78, 5) is 7.36. The van der Waals surface area contributed by atoms with Crippen LogP contribution in [0.4, 0.5) is 0 Å². The van der Waals surface area contributed by atoms with E-state index < -0.39 is 0 Å². The molecule has 1 fully saturated rings. The number of rotatable bonds is 5. The highest BCUT2D eigenvalue weighted by Crippen LogP contribution is 2.36. The fourth-order valence-corrected chi connectivity index (χ4v) is 4.38. The number of aliphatic imine (C=N–C) groups is 1. The van der Waals surface area contributed by atoms with Crippen molar-refractivity contribution in [2.24, 2.45) is 4.99 Å². The van der Waals surface area contributed by atoms with Crippen LogP contribution in [0.25, 0.3) is 0 Å². The molecule has 2 rings (SSSR count). The Kier molecular flexibility index (Phi) is 8.41. The van der Waals surface area contributed by atoms with E-state index in [0.29, 0.717) is 4.75 Å². The van der Waals surface area contributed by atoms with Crippen molar-refractivity contribution < 1.29 is 0 Å². The second-order valence-corrected chi connectivity index (χ2v) is 8.52. The van der Waals surface area contributed by atoms with Gasteiger partial charge < -0.3 is 10.6 Å². The smallest absolute Gasteiger partial charge is 0.191 e. The van der Waals surface area contributed by atoms with Gasteiger partial charge in [-0.3, -0.25) is 0 Å². The number of nitrogens with one attached hydrogen (secondary N) is 2. The molecule has 2 N–H and O–H groups in total. The Balaban J connectivity index is 0.00000220. The fourth-order valence-electron chi connectivity index (χ4n) is 2.32. The first-order valence-electron chi connectivity index (χ1n) is 7.33. The van der Waals surface area contributed by atoms with E-state index in [2.05, 4.69) is 60.3 Å². The van der Waals surface area contributed by atoms with Gasteiger partial charge in [0.05, 0.1) is 6.54 Å². The van der Waals surface area contributed by atoms with Crippen LogP contribution in [0.15, 0.2) is 17.1 Å². The van der Waals surface area contributed by atoms with Gasteiger partial charge in [0.25, 0.3) is 0 Å². The zero-order valence-corrected chi connectivity index (χ0v) is 17.0. The summed E-state index contributed by atoms with van der Waals surface area (Å²) >= 11 is 3.90. The molecule has 0 spiro atoms. The van der Waals surface area contributed by atoms with Gasteiger partial charge in [0, 0.05) is 27.6 Å². The monoisotopic (exact) mass is 439 g/mol. The molecule has 1 aromatic rings. The van der Waals surface area contributed by atoms with Crippen molar-refractivity contribution in [1.82, 2.24) is 10.6 Å². The van der Waals surface area contributed by atoms with Gasteiger partial charge in [-0.1, -0.05) is 0 Å². The zero-order valence-electron chi connectivity index (χ0n) is 13.1. The van der Waals surface area contributed by atoms with Crippen molar-refractivity contribution in [3.05, 3.63) is 21.9 Å². The predicted molar refractivity (Wildman–Crippen MR) is 107 cm³/mol. The van der Waals surface area contributed by atoms with Crippen molar-refractivity contribution in [1.29, 1.82) is 0 Å². The highest BCUT2D eigenvalue weighted by molar-refractivity contribution is 14.0. The van der Waals surface area contributed by atoms with Gasteiger partial charge in [0.1, 0.15) is 0 Å². The van der Waals surface area contributed by atoms with Crippen molar-refractivity contribution in [2.75, 3.05) is 18.8 Å². The summed E-state index contributed by atoms with van der Waals surface area (Å²) < 4.78 is 0.371. The van der Waals surface area contributed by atoms with Gasteiger partial charge in [-0.15, -0.1) is 35.3 Å². The predicted octanol–water partition coefficient (Wildman–Crippen LogP) is 4.02. The van der Waals surface area contributed by atoms with Gasteiger partial charge in [-0.2, -0.15) is 11.8 Å². The third-order valence-electron chi connectivity index (χ3n) is 3.46. The summed E-state index contributed by atoms with van der Waals surface area (Å²) in [5.74, 6) is 2.23. The number of aryl methyl sites for hydroxylation is 1. The zero-order chi connectivity index (χ0) is 14.4. The maximum absolute atomic E-state index is 4.68. The average molecular weight is 439 g/mol. The van der Waals surface area contributed by atoms with E-state index in [1.165, 1.54) is 28.3 Å². The minimum absolute atomic E-state index is 0. The Labute approximate surface area is 153 Å². The number of halogens is 1. The van der Waals surface area contributed by atoms with Crippen LogP contribution in [-0.4, -0.2) is 29.5 Å². The van der Waals surface area contributed by atoms with E-state index in [1.807, 2.05) is 11.3 Å². The molecule has 1 unspecified atom stereocenters. The molecule has 0 aliphatic carbocycles. The first-order valence-corrected chi connectivity index (χ1v) is 9.13. The highest BCUT2D eigenvalue weighted by atomic mass is 127. The van der Waals surface area contributed by atoms with Gasteiger partial charge in [-0.25, -0.2) is 4.99 Å². The van der Waals surface area contributed by atoms with E-state index in [1.54, 1.807) is 0 Å². The largest absolute Gasteiger partial charge is 0.357 e. The molecule has 0 saturated carbocycles. The number of guanidine groups is 1. The van der Waals surface area contributed by atoms with Crippen LogP contribution in [-0.2, 0) is 6.54 Å². The second kappa shape index (κ2) is 9.25. The lowest BCUT2D eigenvalue weighted by atomic mass is 10.1. The van der Waals surface area contributed by atoms with E-state index in [0.717, 1.165) is 25.6 Å². The van der Waals surface area contributed by atoms with Crippen LogP contribution in [0, 0.1) is 6.92 Å². The average Bonchev–Trinajstić information content (AvgIpc) is 3.03. The normalized spacial score (nSPS) is 22.0. The molecule has 2 heterocycles. The molecular weight excluding hydrogens is 413 g/mol. The van der Waals surface area contributed by atoms with E-state index >= 15 is 0 Å². The molecule has 3 nitrogen and oxygen atoms in total. The number of hydrogen-bond acceptors (Lipinski definition) is 3. The summed E-state index contributed by atoms with van der Waals surface area (Å²) in [5, 5.41) is 6.84. The topological polar surface area (TPSA) is 36.4 Å². The number of thioether (sulfide) groups is 1. The SMILES string of the molecule is CCNC(=NCc1ccc(C)s1)NCC1(C)CCCS1.I. The maximum Gasteiger partial charge on any atom is 0.191 e. The van der Waals surface area contributed by atoms with Gasteiger partial charge in [0.2, 0.25) is 0 Å². The van der Waals surface area contributed by atoms with Crippen molar-refractivity contribution in [3.63, 3.8) is 0 Å². The molecule has 0 radical (unpaired) electrons. The van der Waals surface area contributed by atoms with Crippen LogP contribution < -0.4 is 10.6 Å². The summed E-state index contributed by atoms with van der Waals surface area (Å²) in [5.41, 5.74) is 0. The van der Waals surface area contributed by atoms with Gasteiger partial charge >= 0.3 is 0 Å². The third kappa shape index (κ3) is 6.36. The first-order chi connectivity index (χ1) is 9.61. The van der Waals surface area contributed by atoms with E-state index in [-0.39, 0.29) is 24.0 Å². The summed E-state index contributed by atoms with van der Waals surface area (Å²) in [6.07, 6.45) is 2.64. The molecule has 1 saturated heterocycles. The highest BCUT2D eigenvalue weighted by Gasteiger charge is 2.29. The molecule has 120 valence electrons. The number of hydrogen-bond donors (Lipinski definition) is 2. The Hall–Kier alpha value is 0.0500. The molecule has 0 bridgehead atoms. The third-order valence-corrected chi connectivity index (χ3v) is 5.99. The summed E-state index contributed by atoms with van der Waals surface area (Å²) in [7, 11) is 0. The molecule has 6 heteroatoms. The van der Waals surface area contributed by atoms with Crippen LogP contribution in [0.5, 0.6) is 0 Å². The van der Waals surface area contributed by atoms with Crippen LogP contribution in [0.3, 0.4) is 0 Å². The van der Waals surface area contributed by atoms with Crippen LogP contribution in [0.1, 0.15) is 36.4 Å². The molecule has 0 amide bonds. The lowest BCUT2D eigenvalue weighted by molar-refractivity contribution is 0.585. The summed E-state index contributed by atoms with van der Waals surface area (Å²) in [6.45, 7) is 9.26. The number of thiophene rings is 1. The van der Waals surface area contributed by atoms with E-state index in [4.69, 9.17) is 0 Å². The van der Waals surface area contributed by atoms with Gasteiger partial charge in [-0.05, 0) is 51.5 Å². The van der Waals surface area contributed by atoms with Crippen LogP contribution >= 0.6 is 47.1 Å². The standard InChI is InChI=1S/C15H25N3S2.HI/c1-4-16-14(17-10-13-7-6-12(2)20-13)18-11-15(3)8-5-9-19-15;/h6-7H,4-5,8-11H2,1-3H3,(H2,16,17,18);1H. The quantitative estimate of drug-likeness (QED) is 0.414. The molecule has 1 aliphatic heterocycles. The Morgan fingerprint density at radius 1 is 1.38 bits per heavy atom. The van der Waals surface area contributed by atoms with Crippen LogP contribution in [0.2, 0.25) is 0 Å². The Morgan fingerprint density at radius 3 is 2.76 bits per heavy atom. The first kappa shape index (κ1) is 19.1. The van der Waals surface area contributed by atoms with Crippen molar-refractivity contribution in [2.45, 2.75) is 44.9 Å². The number of nitrogens with zero attached hydrogens (tertiary/aromatic N) is 1. The Morgan fingerprint density at radius 2 is 2.19 bits per heavy atom. The van der Waals surface area contributed by atoms with E-state index in [9.17, 15) is 0 Å². The van der Waals surface area contributed by atoms with Crippen molar-refractivity contribution >= 4 is 53.0 Å². The molecule has 0 aromatic carbocycles. The lowest BCUT2D eigenvalue weighted by Crippen LogP contribution is -2.43.